The SMILES string of the molecule is CN=CCc1cc(F)c(F)cc1F. The summed E-state index contributed by atoms with van der Waals surface area (Å²) in [4.78, 5) is 3.62. The lowest BCUT2D eigenvalue weighted by molar-refractivity contribution is 0.491. The van der Waals surface area contributed by atoms with Crippen LogP contribution in [0, 0.1) is 17.5 Å². The average molecular weight is 187 g/mol. The Morgan fingerprint density at radius 2 is 1.77 bits per heavy atom. The molecule has 0 aliphatic heterocycles. The van der Waals surface area contributed by atoms with Crippen LogP contribution in [-0.4, -0.2) is 13.3 Å². The highest BCUT2D eigenvalue weighted by Gasteiger charge is 2.08. The molecule has 0 bridgehead atoms. The Kier molecular flexibility index (Phi) is 3.06. The molecule has 70 valence electrons. The van der Waals surface area contributed by atoms with E-state index in [9.17, 15) is 13.2 Å². The molecule has 0 saturated heterocycles. The molecule has 1 nitrogen and oxygen atoms in total. The summed E-state index contributed by atoms with van der Waals surface area (Å²) < 4.78 is 37.9. The van der Waals surface area contributed by atoms with Crippen LogP contribution in [0.4, 0.5) is 13.2 Å². The monoisotopic (exact) mass is 187 g/mol. The first-order valence-corrected chi connectivity index (χ1v) is 3.69. The van der Waals surface area contributed by atoms with Crippen molar-refractivity contribution in [2.24, 2.45) is 4.99 Å². The summed E-state index contributed by atoms with van der Waals surface area (Å²) in [6.07, 6.45) is 1.59. The highest BCUT2D eigenvalue weighted by atomic mass is 19.2. The van der Waals surface area contributed by atoms with Crippen molar-refractivity contribution in [3.63, 3.8) is 0 Å². The van der Waals surface area contributed by atoms with Crippen molar-refractivity contribution in [1.82, 2.24) is 0 Å². The minimum Gasteiger partial charge on any atom is -0.301 e. The molecule has 0 aliphatic rings. The Morgan fingerprint density at radius 3 is 2.38 bits per heavy atom. The van der Waals surface area contributed by atoms with Crippen molar-refractivity contribution >= 4 is 6.21 Å². The third-order valence-corrected chi connectivity index (χ3v) is 1.58. The van der Waals surface area contributed by atoms with Gasteiger partial charge in [0.15, 0.2) is 11.6 Å². The Bertz CT molecular complexity index is 334. The second-order valence-electron chi connectivity index (χ2n) is 2.50. The second kappa shape index (κ2) is 4.07. The summed E-state index contributed by atoms with van der Waals surface area (Å²) in [6.45, 7) is 0. The van der Waals surface area contributed by atoms with Crippen LogP contribution >= 0.6 is 0 Å². The topological polar surface area (TPSA) is 12.4 Å². The molecule has 0 aliphatic carbocycles. The molecular weight excluding hydrogens is 179 g/mol. The van der Waals surface area contributed by atoms with Crippen LogP contribution < -0.4 is 0 Å². The maximum Gasteiger partial charge on any atom is 0.161 e. The van der Waals surface area contributed by atoms with E-state index in [4.69, 9.17) is 0 Å². The van der Waals surface area contributed by atoms with Gasteiger partial charge in [0, 0.05) is 25.7 Å². The summed E-state index contributed by atoms with van der Waals surface area (Å²) in [5.41, 5.74) is 0.101. The molecule has 0 fully saturated rings. The predicted octanol–water partition coefficient (Wildman–Crippen LogP) is 2.35. The predicted molar refractivity (Wildman–Crippen MR) is 44.4 cm³/mol. The quantitative estimate of drug-likeness (QED) is 0.497. The smallest absolute Gasteiger partial charge is 0.161 e. The summed E-state index contributed by atoms with van der Waals surface area (Å²) in [6, 6.07) is 1.38. The van der Waals surface area contributed by atoms with Gasteiger partial charge in [-0.3, -0.25) is 0 Å². The van der Waals surface area contributed by atoms with Gasteiger partial charge < -0.3 is 4.99 Å². The molecule has 0 unspecified atom stereocenters. The van der Waals surface area contributed by atoms with Gasteiger partial charge in [0.25, 0.3) is 0 Å². The number of halogens is 3. The molecule has 0 heterocycles. The van der Waals surface area contributed by atoms with Crippen molar-refractivity contribution in [2.75, 3.05) is 7.05 Å². The summed E-state index contributed by atoms with van der Waals surface area (Å²) in [5.74, 6) is -2.96. The van der Waals surface area contributed by atoms with Crippen molar-refractivity contribution in [3.8, 4) is 0 Å². The van der Waals surface area contributed by atoms with Crippen LogP contribution in [0.25, 0.3) is 0 Å². The molecule has 0 radical (unpaired) electrons. The molecule has 0 spiro atoms. The van der Waals surface area contributed by atoms with E-state index in [1.165, 1.54) is 13.3 Å². The molecule has 0 saturated carbocycles. The first-order chi connectivity index (χ1) is 6.15. The lowest BCUT2D eigenvalue weighted by Gasteiger charge is -1.99. The van der Waals surface area contributed by atoms with E-state index in [2.05, 4.69) is 4.99 Å². The van der Waals surface area contributed by atoms with Crippen LogP contribution in [0.5, 0.6) is 0 Å². The fourth-order valence-electron chi connectivity index (χ4n) is 0.910. The Balaban J connectivity index is 3.01. The Labute approximate surface area is 73.9 Å². The van der Waals surface area contributed by atoms with E-state index >= 15 is 0 Å². The number of hydrogen-bond donors (Lipinski definition) is 0. The third-order valence-electron chi connectivity index (χ3n) is 1.58. The zero-order valence-electron chi connectivity index (χ0n) is 7.02. The molecule has 1 rings (SSSR count). The molecule has 13 heavy (non-hydrogen) atoms. The molecule has 1 aromatic rings. The lowest BCUT2D eigenvalue weighted by Crippen LogP contribution is -1.96. The van der Waals surface area contributed by atoms with E-state index in [1.807, 2.05) is 0 Å². The molecule has 0 atom stereocenters. The molecule has 4 heteroatoms. The molecule has 0 aromatic heterocycles. The number of hydrogen-bond acceptors (Lipinski definition) is 1. The van der Waals surface area contributed by atoms with E-state index in [0.29, 0.717) is 6.07 Å². The van der Waals surface area contributed by atoms with Gasteiger partial charge in [0.2, 0.25) is 0 Å². The van der Waals surface area contributed by atoms with Gasteiger partial charge in [-0.25, -0.2) is 13.2 Å². The number of aliphatic imine (C=N–C) groups is 1. The zero-order valence-corrected chi connectivity index (χ0v) is 7.02. The second-order valence-corrected chi connectivity index (χ2v) is 2.50. The van der Waals surface area contributed by atoms with Gasteiger partial charge in [-0.2, -0.15) is 0 Å². The molecular formula is C9H8F3N. The van der Waals surface area contributed by atoms with Crippen LogP contribution in [0.1, 0.15) is 5.56 Å². The van der Waals surface area contributed by atoms with Gasteiger partial charge in [-0.05, 0) is 11.6 Å². The van der Waals surface area contributed by atoms with Crippen molar-refractivity contribution in [3.05, 3.63) is 35.1 Å². The maximum atomic E-state index is 12.9. The first-order valence-electron chi connectivity index (χ1n) is 3.69. The minimum absolute atomic E-state index is 0.101. The van der Waals surface area contributed by atoms with Crippen molar-refractivity contribution in [2.45, 2.75) is 6.42 Å². The van der Waals surface area contributed by atoms with Crippen LogP contribution in [0.15, 0.2) is 17.1 Å². The van der Waals surface area contributed by atoms with E-state index in [-0.39, 0.29) is 12.0 Å². The number of nitrogens with zero attached hydrogens (tertiary/aromatic N) is 1. The van der Waals surface area contributed by atoms with Gasteiger partial charge in [0.05, 0.1) is 0 Å². The van der Waals surface area contributed by atoms with Gasteiger partial charge >= 0.3 is 0 Å². The summed E-state index contributed by atoms with van der Waals surface area (Å²) in [7, 11) is 1.53. The molecule has 0 amide bonds. The van der Waals surface area contributed by atoms with Gasteiger partial charge in [0.1, 0.15) is 5.82 Å². The first kappa shape index (κ1) is 9.77. The molecule has 1 aromatic carbocycles. The van der Waals surface area contributed by atoms with Crippen LogP contribution in [0.2, 0.25) is 0 Å². The number of rotatable bonds is 2. The summed E-state index contributed by atoms with van der Waals surface area (Å²) >= 11 is 0. The Morgan fingerprint density at radius 1 is 1.15 bits per heavy atom. The van der Waals surface area contributed by atoms with Crippen molar-refractivity contribution in [1.29, 1.82) is 0 Å². The normalized spacial score (nSPS) is 11.1. The summed E-state index contributed by atoms with van der Waals surface area (Å²) in [5, 5.41) is 0. The highest BCUT2D eigenvalue weighted by Crippen LogP contribution is 2.13. The lowest BCUT2D eigenvalue weighted by atomic mass is 10.1. The number of benzene rings is 1. The molecule has 0 N–H and O–H groups in total. The average Bonchev–Trinajstić information content (AvgIpc) is 2.09. The zero-order chi connectivity index (χ0) is 9.84. The highest BCUT2D eigenvalue weighted by molar-refractivity contribution is 5.61. The minimum atomic E-state index is -1.17. The largest absolute Gasteiger partial charge is 0.301 e. The van der Waals surface area contributed by atoms with E-state index < -0.39 is 17.5 Å². The standard InChI is InChI=1S/C9H8F3N/c1-13-3-2-6-4-8(11)9(12)5-7(6)10/h3-5H,2H2,1H3. The fourth-order valence-corrected chi connectivity index (χ4v) is 0.910. The van der Waals surface area contributed by atoms with Gasteiger partial charge in [-0.1, -0.05) is 0 Å². The van der Waals surface area contributed by atoms with Crippen LogP contribution in [-0.2, 0) is 6.42 Å². The fraction of sp³-hybridized carbons (Fsp3) is 0.222. The Hall–Kier alpha value is -1.32. The van der Waals surface area contributed by atoms with E-state index in [0.717, 1.165) is 6.07 Å². The third kappa shape index (κ3) is 2.31. The maximum absolute atomic E-state index is 12.9. The van der Waals surface area contributed by atoms with Gasteiger partial charge in [-0.15, -0.1) is 0 Å². The van der Waals surface area contributed by atoms with Crippen molar-refractivity contribution < 1.29 is 13.2 Å². The van der Waals surface area contributed by atoms with Crippen LogP contribution in [0.3, 0.4) is 0 Å². The van der Waals surface area contributed by atoms with E-state index in [1.54, 1.807) is 0 Å².